The first kappa shape index (κ1) is 12.1. The molecule has 2 nitrogen and oxygen atoms in total. The van der Waals surface area contributed by atoms with Gasteiger partial charge in [-0.1, -0.05) is 0 Å². The van der Waals surface area contributed by atoms with E-state index < -0.39 is 17.2 Å². The van der Waals surface area contributed by atoms with Crippen LogP contribution in [0.25, 0.3) is 11.3 Å². The summed E-state index contributed by atoms with van der Waals surface area (Å²) in [5.74, 6) is -1.22. The van der Waals surface area contributed by atoms with Gasteiger partial charge in [0.25, 0.3) is 0 Å². The Bertz CT molecular complexity index is 523. The third-order valence-electron chi connectivity index (χ3n) is 2.21. The summed E-state index contributed by atoms with van der Waals surface area (Å²) in [6, 6.07) is 3.35. The van der Waals surface area contributed by atoms with Crippen LogP contribution in [0.15, 0.2) is 23.6 Å². The van der Waals surface area contributed by atoms with Crippen molar-refractivity contribution in [3.8, 4) is 11.3 Å². The number of benzene rings is 1. The lowest BCUT2D eigenvalue weighted by Gasteiger charge is -2.13. The Morgan fingerprint density at radius 3 is 2.24 bits per heavy atom. The SMILES string of the molecule is CC(C)(N)c1nc(-c2cc(F)cc(F)c2)cs1. The Morgan fingerprint density at radius 1 is 1.18 bits per heavy atom. The highest BCUT2D eigenvalue weighted by Crippen LogP contribution is 2.28. The number of rotatable bonds is 2. The zero-order valence-corrected chi connectivity index (χ0v) is 10.3. The van der Waals surface area contributed by atoms with E-state index in [4.69, 9.17) is 5.73 Å². The summed E-state index contributed by atoms with van der Waals surface area (Å²) in [4.78, 5) is 4.29. The predicted molar refractivity (Wildman–Crippen MR) is 64.7 cm³/mol. The lowest BCUT2D eigenvalue weighted by atomic mass is 10.1. The molecule has 0 amide bonds. The summed E-state index contributed by atoms with van der Waals surface area (Å²) >= 11 is 1.38. The van der Waals surface area contributed by atoms with Gasteiger partial charge in [0.2, 0.25) is 0 Å². The van der Waals surface area contributed by atoms with Crippen molar-refractivity contribution >= 4 is 11.3 Å². The maximum atomic E-state index is 13.1. The van der Waals surface area contributed by atoms with Gasteiger partial charge in [-0.3, -0.25) is 0 Å². The van der Waals surface area contributed by atoms with E-state index >= 15 is 0 Å². The van der Waals surface area contributed by atoms with Crippen LogP contribution >= 0.6 is 11.3 Å². The van der Waals surface area contributed by atoms with E-state index in [0.29, 0.717) is 11.3 Å². The molecule has 2 rings (SSSR count). The van der Waals surface area contributed by atoms with Crippen molar-refractivity contribution in [2.75, 3.05) is 0 Å². The maximum Gasteiger partial charge on any atom is 0.126 e. The van der Waals surface area contributed by atoms with Crippen LogP contribution in [0.5, 0.6) is 0 Å². The van der Waals surface area contributed by atoms with Crippen LogP contribution in [0.1, 0.15) is 18.9 Å². The summed E-state index contributed by atoms with van der Waals surface area (Å²) in [5.41, 5.74) is 6.33. The third-order valence-corrected chi connectivity index (χ3v) is 3.40. The molecular weight excluding hydrogens is 242 g/mol. The monoisotopic (exact) mass is 254 g/mol. The molecule has 17 heavy (non-hydrogen) atoms. The third kappa shape index (κ3) is 2.68. The Hall–Kier alpha value is -1.33. The Kier molecular flexibility index (Phi) is 2.97. The maximum absolute atomic E-state index is 13.1. The van der Waals surface area contributed by atoms with Crippen molar-refractivity contribution in [1.82, 2.24) is 4.98 Å². The van der Waals surface area contributed by atoms with Crippen LogP contribution in [0.4, 0.5) is 8.78 Å². The zero-order valence-electron chi connectivity index (χ0n) is 9.50. The van der Waals surface area contributed by atoms with Gasteiger partial charge in [0.1, 0.15) is 16.6 Å². The van der Waals surface area contributed by atoms with E-state index in [9.17, 15) is 8.78 Å². The molecule has 0 aliphatic heterocycles. The van der Waals surface area contributed by atoms with Crippen molar-refractivity contribution in [3.05, 3.63) is 40.2 Å². The van der Waals surface area contributed by atoms with Gasteiger partial charge in [0.15, 0.2) is 0 Å². The van der Waals surface area contributed by atoms with Crippen molar-refractivity contribution in [1.29, 1.82) is 0 Å². The van der Waals surface area contributed by atoms with Crippen LogP contribution in [0.3, 0.4) is 0 Å². The molecule has 0 bridgehead atoms. The summed E-state index contributed by atoms with van der Waals surface area (Å²) in [7, 11) is 0. The van der Waals surface area contributed by atoms with E-state index in [1.807, 2.05) is 13.8 Å². The Labute approximate surface area is 102 Å². The average molecular weight is 254 g/mol. The molecule has 0 spiro atoms. The number of hydrogen-bond acceptors (Lipinski definition) is 3. The summed E-state index contributed by atoms with van der Waals surface area (Å²) in [5, 5.41) is 2.48. The van der Waals surface area contributed by atoms with E-state index in [1.165, 1.54) is 23.5 Å². The molecule has 0 saturated carbocycles. The minimum Gasteiger partial charge on any atom is -0.320 e. The van der Waals surface area contributed by atoms with Crippen molar-refractivity contribution in [3.63, 3.8) is 0 Å². The summed E-state index contributed by atoms with van der Waals surface area (Å²) in [6.07, 6.45) is 0. The van der Waals surface area contributed by atoms with E-state index in [2.05, 4.69) is 4.98 Å². The van der Waals surface area contributed by atoms with Crippen LogP contribution in [-0.4, -0.2) is 4.98 Å². The topological polar surface area (TPSA) is 38.9 Å². The van der Waals surface area contributed by atoms with Gasteiger partial charge in [-0.05, 0) is 26.0 Å². The molecule has 2 N–H and O–H groups in total. The molecular formula is C12H12F2N2S. The van der Waals surface area contributed by atoms with Gasteiger partial charge in [0, 0.05) is 17.0 Å². The quantitative estimate of drug-likeness (QED) is 0.893. The highest BCUT2D eigenvalue weighted by atomic mass is 32.1. The molecule has 0 fully saturated rings. The van der Waals surface area contributed by atoms with Crippen LogP contribution in [0, 0.1) is 11.6 Å². The molecule has 0 saturated heterocycles. The minimum absolute atomic E-state index is 0.425. The van der Waals surface area contributed by atoms with Crippen molar-refractivity contribution < 1.29 is 8.78 Å². The fraction of sp³-hybridized carbons (Fsp3) is 0.250. The molecule has 2 aromatic rings. The van der Waals surface area contributed by atoms with Gasteiger partial charge in [0.05, 0.1) is 11.2 Å². The van der Waals surface area contributed by atoms with Crippen LogP contribution in [0.2, 0.25) is 0 Å². The normalized spacial score (nSPS) is 11.8. The van der Waals surface area contributed by atoms with Crippen LogP contribution in [-0.2, 0) is 5.54 Å². The molecule has 0 aliphatic carbocycles. The molecule has 90 valence electrons. The van der Waals surface area contributed by atoms with Crippen LogP contribution < -0.4 is 5.73 Å². The Morgan fingerprint density at radius 2 is 1.76 bits per heavy atom. The van der Waals surface area contributed by atoms with Gasteiger partial charge in [-0.2, -0.15) is 0 Å². The number of nitrogens with zero attached hydrogens (tertiary/aromatic N) is 1. The number of halogens is 2. The van der Waals surface area contributed by atoms with E-state index in [-0.39, 0.29) is 0 Å². The second kappa shape index (κ2) is 4.16. The van der Waals surface area contributed by atoms with Gasteiger partial charge < -0.3 is 5.73 Å². The van der Waals surface area contributed by atoms with Gasteiger partial charge in [-0.15, -0.1) is 11.3 Å². The zero-order chi connectivity index (χ0) is 12.6. The first-order valence-electron chi connectivity index (χ1n) is 5.07. The number of hydrogen-bond donors (Lipinski definition) is 1. The molecule has 0 atom stereocenters. The average Bonchev–Trinajstić information content (AvgIpc) is 2.63. The first-order valence-corrected chi connectivity index (χ1v) is 5.95. The number of thiazole rings is 1. The molecule has 1 aromatic heterocycles. The largest absolute Gasteiger partial charge is 0.320 e. The first-order chi connectivity index (χ1) is 7.86. The van der Waals surface area contributed by atoms with E-state index in [1.54, 1.807) is 5.38 Å². The van der Waals surface area contributed by atoms with Gasteiger partial charge in [-0.25, -0.2) is 13.8 Å². The highest BCUT2D eigenvalue weighted by molar-refractivity contribution is 7.10. The molecule has 5 heteroatoms. The smallest absolute Gasteiger partial charge is 0.126 e. The molecule has 1 aromatic carbocycles. The van der Waals surface area contributed by atoms with Crippen molar-refractivity contribution in [2.24, 2.45) is 5.73 Å². The summed E-state index contributed by atoms with van der Waals surface area (Å²) in [6.45, 7) is 3.67. The summed E-state index contributed by atoms with van der Waals surface area (Å²) < 4.78 is 26.1. The minimum atomic E-state index is -0.610. The standard InChI is InChI=1S/C12H12F2N2S/c1-12(2,15)11-16-10(6-17-11)7-3-8(13)5-9(14)4-7/h3-6H,15H2,1-2H3. The molecule has 0 aliphatic rings. The molecule has 1 heterocycles. The van der Waals surface area contributed by atoms with Gasteiger partial charge >= 0.3 is 0 Å². The second-order valence-corrected chi connectivity index (χ2v) is 5.28. The second-order valence-electron chi connectivity index (χ2n) is 4.42. The van der Waals surface area contributed by atoms with Crippen molar-refractivity contribution in [2.45, 2.75) is 19.4 Å². The number of nitrogens with two attached hydrogens (primary N) is 1. The fourth-order valence-electron chi connectivity index (χ4n) is 1.40. The predicted octanol–water partition coefficient (Wildman–Crippen LogP) is 3.28. The van der Waals surface area contributed by atoms with E-state index in [0.717, 1.165) is 11.1 Å². The number of aromatic nitrogens is 1. The fourth-order valence-corrected chi connectivity index (χ4v) is 2.27. The lowest BCUT2D eigenvalue weighted by Crippen LogP contribution is -2.28. The molecule has 0 radical (unpaired) electrons. The Balaban J connectivity index is 2.44. The lowest BCUT2D eigenvalue weighted by molar-refractivity contribution is 0.550. The highest BCUT2D eigenvalue weighted by Gasteiger charge is 2.19. The molecule has 0 unspecified atom stereocenters.